The molecule has 258 valence electrons. The molecule has 13 heteroatoms. The summed E-state index contributed by atoms with van der Waals surface area (Å²) in [7, 11) is 0. The van der Waals surface area contributed by atoms with Crippen molar-refractivity contribution in [2.75, 3.05) is 78.8 Å². The van der Waals surface area contributed by atoms with Gasteiger partial charge in [-0.05, 0) is 76.9 Å². The van der Waals surface area contributed by atoms with Gasteiger partial charge in [0.25, 0.3) is 0 Å². The number of ether oxygens (including phenoxy) is 4. The van der Waals surface area contributed by atoms with Crippen LogP contribution in [0.5, 0.6) is 11.5 Å². The Hall–Kier alpha value is -1.39. The number of quaternary nitrogens is 2. The standard InChI is InChI=1S/C33H46Cl2N2O7.2HI/c1-7-36(8-2,21-31(38)41-11-5)13-15-43-29-19-25-23(17-27(29)34)24-18-28(35)30(20-26(24)33(25)40)44-16-14-37(9-3,10-4)22-32(39)42-12-6;;/h17-20H,7-16,21-22H2,1-6H3;2*1H/q+2;;/p-2. The Morgan fingerprint density at radius 3 is 1.26 bits per heavy atom. The number of esters is 2. The summed E-state index contributed by atoms with van der Waals surface area (Å²) in [6.45, 7) is 17.8. The molecule has 0 radical (unpaired) electrons. The lowest BCUT2D eigenvalue weighted by atomic mass is 10.1. The quantitative estimate of drug-likeness (QED) is 0.0996. The molecule has 0 saturated carbocycles. The van der Waals surface area contributed by atoms with E-state index in [4.69, 9.17) is 42.1 Å². The molecule has 0 amide bonds. The number of fused-ring (bicyclic) bond motifs is 3. The van der Waals surface area contributed by atoms with Crippen molar-refractivity contribution in [1.29, 1.82) is 0 Å². The predicted molar refractivity (Wildman–Crippen MR) is 172 cm³/mol. The molecule has 2 aromatic rings. The number of nitrogens with zero attached hydrogens (tertiary/aromatic N) is 2. The van der Waals surface area contributed by atoms with E-state index in [0.29, 0.717) is 92.3 Å². The van der Waals surface area contributed by atoms with E-state index in [1.165, 1.54) is 0 Å². The highest BCUT2D eigenvalue weighted by atomic mass is 127. The van der Waals surface area contributed by atoms with Crippen LogP contribution in [0.2, 0.25) is 10.0 Å². The van der Waals surface area contributed by atoms with Gasteiger partial charge in [0.2, 0.25) is 0 Å². The number of carbonyl (C=O) groups excluding carboxylic acids is 3. The van der Waals surface area contributed by atoms with Gasteiger partial charge in [-0.1, -0.05) is 23.2 Å². The topological polar surface area (TPSA) is 88.1 Å². The van der Waals surface area contributed by atoms with Crippen LogP contribution < -0.4 is 57.4 Å². The molecule has 0 atom stereocenters. The molecule has 0 aromatic heterocycles. The first-order valence-electron chi connectivity index (χ1n) is 15.5. The maximum atomic E-state index is 13.5. The first-order chi connectivity index (χ1) is 21.0. The highest BCUT2D eigenvalue weighted by molar-refractivity contribution is 6.35. The highest BCUT2D eigenvalue weighted by Gasteiger charge is 2.32. The van der Waals surface area contributed by atoms with Gasteiger partial charge in [-0.2, -0.15) is 0 Å². The summed E-state index contributed by atoms with van der Waals surface area (Å²) in [5.41, 5.74) is 2.33. The van der Waals surface area contributed by atoms with Crippen molar-refractivity contribution in [2.45, 2.75) is 41.5 Å². The number of hydrogen-bond donors (Lipinski definition) is 0. The van der Waals surface area contributed by atoms with Crippen LogP contribution in [0.3, 0.4) is 0 Å². The zero-order valence-corrected chi connectivity index (χ0v) is 33.4. The van der Waals surface area contributed by atoms with Crippen molar-refractivity contribution in [3.05, 3.63) is 45.4 Å². The normalized spacial score (nSPS) is 12.0. The summed E-state index contributed by atoms with van der Waals surface area (Å²) in [6, 6.07) is 6.82. The largest absolute Gasteiger partial charge is 1.00 e. The fourth-order valence-electron chi connectivity index (χ4n) is 5.64. The van der Waals surface area contributed by atoms with Crippen molar-refractivity contribution in [3.63, 3.8) is 0 Å². The van der Waals surface area contributed by atoms with E-state index in [-0.39, 0.29) is 78.8 Å². The second-order valence-electron chi connectivity index (χ2n) is 11.0. The van der Waals surface area contributed by atoms with Crippen molar-refractivity contribution in [1.82, 2.24) is 0 Å². The molecular formula is C33H46Cl2I2N2O7. The molecule has 9 nitrogen and oxygen atoms in total. The average molecular weight is 907 g/mol. The van der Waals surface area contributed by atoms with Gasteiger partial charge in [-0.3, -0.25) is 4.79 Å². The van der Waals surface area contributed by atoms with Crippen LogP contribution in [0, 0.1) is 0 Å². The Morgan fingerprint density at radius 2 is 0.957 bits per heavy atom. The van der Waals surface area contributed by atoms with E-state index in [1.807, 2.05) is 27.7 Å². The lowest BCUT2D eigenvalue weighted by Gasteiger charge is -2.35. The van der Waals surface area contributed by atoms with Gasteiger partial charge in [0.1, 0.15) is 37.8 Å². The number of ketones is 1. The van der Waals surface area contributed by atoms with Crippen LogP contribution in [0.25, 0.3) is 11.1 Å². The molecule has 0 aliphatic heterocycles. The molecule has 0 spiro atoms. The lowest BCUT2D eigenvalue weighted by molar-refractivity contribution is -0.918. The van der Waals surface area contributed by atoms with Crippen LogP contribution in [0.4, 0.5) is 0 Å². The molecule has 0 heterocycles. The molecule has 46 heavy (non-hydrogen) atoms. The molecule has 1 aliphatic carbocycles. The van der Waals surface area contributed by atoms with E-state index in [2.05, 4.69) is 0 Å². The molecule has 0 unspecified atom stereocenters. The smallest absolute Gasteiger partial charge is 0.361 e. The fourth-order valence-corrected chi connectivity index (χ4v) is 6.08. The third-order valence-electron chi connectivity index (χ3n) is 8.79. The molecule has 0 bridgehead atoms. The van der Waals surface area contributed by atoms with Crippen molar-refractivity contribution in [3.8, 4) is 22.6 Å². The van der Waals surface area contributed by atoms with E-state index in [9.17, 15) is 14.4 Å². The van der Waals surface area contributed by atoms with Crippen LogP contribution in [0.1, 0.15) is 57.5 Å². The molecule has 1 aliphatic rings. The van der Waals surface area contributed by atoms with Crippen LogP contribution in [-0.4, -0.2) is 105 Å². The average Bonchev–Trinajstić information content (AvgIpc) is 3.25. The Morgan fingerprint density at radius 1 is 0.609 bits per heavy atom. The maximum Gasteiger partial charge on any atom is 0.361 e. The van der Waals surface area contributed by atoms with Crippen LogP contribution in [-0.2, 0) is 19.1 Å². The molecule has 0 fully saturated rings. The Balaban J connectivity index is 0.00000529. The Labute approximate surface area is 317 Å². The minimum atomic E-state index is -0.233. The number of benzene rings is 2. The molecule has 2 aromatic carbocycles. The number of halogens is 4. The number of likely N-dealkylation sites (N-methyl/N-ethyl adjacent to an activating group) is 2. The second-order valence-corrected chi connectivity index (χ2v) is 11.8. The van der Waals surface area contributed by atoms with Gasteiger partial charge in [0.05, 0.1) is 49.4 Å². The van der Waals surface area contributed by atoms with Gasteiger partial charge in [-0.15, -0.1) is 0 Å². The van der Waals surface area contributed by atoms with Crippen molar-refractivity contribution >= 4 is 40.9 Å². The first kappa shape index (κ1) is 42.6. The summed E-state index contributed by atoms with van der Waals surface area (Å²) in [5, 5.41) is 0.763. The van der Waals surface area contributed by atoms with E-state index in [0.717, 1.165) is 26.2 Å². The summed E-state index contributed by atoms with van der Waals surface area (Å²) < 4.78 is 23.5. The third-order valence-corrected chi connectivity index (χ3v) is 9.38. The monoisotopic (exact) mass is 906 g/mol. The van der Waals surface area contributed by atoms with Crippen molar-refractivity contribution in [2.24, 2.45) is 0 Å². The summed E-state index contributed by atoms with van der Waals surface area (Å²) >= 11 is 13.2. The summed E-state index contributed by atoms with van der Waals surface area (Å²) in [5.74, 6) is 0.184. The maximum absolute atomic E-state index is 13.5. The van der Waals surface area contributed by atoms with Gasteiger partial charge in [0, 0.05) is 11.1 Å². The van der Waals surface area contributed by atoms with Gasteiger partial charge in [0.15, 0.2) is 18.9 Å². The van der Waals surface area contributed by atoms with Gasteiger partial charge >= 0.3 is 11.9 Å². The minimum absolute atomic E-state index is 0. The third kappa shape index (κ3) is 10.3. The first-order valence-corrected chi connectivity index (χ1v) is 16.3. The van der Waals surface area contributed by atoms with Crippen molar-refractivity contribution < 1.29 is 90.3 Å². The predicted octanol–water partition coefficient (Wildman–Crippen LogP) is -0.190. The lowest BCUT2D eigenvalue weighted by Crippen LogP contribution is -3.00. The summed E-state index contributed by atoms with van der Waals surface area (Å²) in [4.78, 5) is 37.9. The van der Waals surface area contributed by atoms with Gasteiger partial charge < -0.3 is 75.9 Å². The number of rotatable bonds is 18. The number of hydrogen-bond acceptors (Lipinski definition) is 7. The zero-order valence-electron chi connectivity index (χ0n) is 27.6. The fraction of sp³-hybridized carbons (Fsp3) is 0.545. The summed E-state index contributed by atoms with van der Waals surface area (Å²) in [6.07, 6.45) is 0. The zero-order chi connectivity index (χ0) is 32.5. The minimum Gasteiger partial charge on any atom is -1.00 e. The Bertz CT molecular complexity index is 1250. The molecule has 0 N–H and O–H groups in total. The van der Waals surface area contributed by atoms with Crippen LogP contribution in [0.15, 0.2) is 24.3 Å². The van der Waals surface area contributed by atoms with Gasteiger partial charge in [-0.25, -0.2) is 9.59 Å². The van der Waals surface area contributed by atoms with E-state index < -0.39 is 0 Å². The molecule has 3 rings (SSSR count). The number of carbonyl (C=O) groups is 3. The SMILES string of the molecule is CCOC(=O)C[N+](CC)(CC)CCOc1cc2c(cc1Cl)-c1cc(Cl)c(OCC[N+](CC)(CC)CC(=O)OCC)cc1C2=O.[I-].[I-]. The highest BCUT2D eigenvalue weighted by Crippen LogP contribution is 2.45. The Kier molecular flexibility index (Phi) is 18.1. The van der Waals surface area contributed by atoms with Crippen LogP contribution >= 0.6 is 23.2 Å². The van der Waals surface area contributed by atoms with E-state index in [1.54, 1.807) is 38.1 Å². The molecular weight excluding hydrogens is 861 g/mol. The van der Waals surface area contributed by atoms with E-state index >= 15 is 0 Å². The second kappa shape index (κ2) is 19.6. The molecule has 0 saturated heterocycles.